The number of thiocarbonyl (C=S) groups is 1. The molecule has 0 aliphatic carbocycles. The average molecular weight is 559 g/mol. The molecule has 184 valence electrons. The molecule has 1 aliphatic rings. The SMILES string of the molecule is COc1cc(/C=C2\SC(=S)N(c3ccccc3C)C2=O)ccc1OCC(=O)Nc1ccc(Cl)cc1Cl. The summed E-state index contributed by atoms with van der Waals surface area (Å²) in [6.07, 6.45) is 1.75. The summed E-state index contributed by atoms with van der Waals surface area (Å²) in [6.45, 7) is 1.68. The van der Waals surface area contributed by atoms with Crippen LogP contribution in [0.2, 0.25) is 10.0 Å². The first-order chi connectivity index (χ1) is 17.3. The quantitative estimate of drug-likeness (QED) is 0.256. The molecule has 2 amide bonds. The van der Waals surface area contributed by atoms with Crippen LogP contribution in [0.4, 0.5) is 11.4 Å². The molecule has 36 heavy (non-hydrogen) atoms. The topological polar surface area (TPSA) is 67.9 Å². The third kappa shape index (κ3) is 5.84. The Kier molecular flexibility index (Phi) is 8.21. The van der Waals surface area contributed by atoms with Gasteiger partial charge in [0.05, 0.1) is 28.4 Å². The van der Waals surface area contributed by atoms with E-state index in [1.807, 2.05) is 31.2 Å². The number of amides is 2. The van der Waals surface area contributed by atoms with Gasteiger partial charge in [0.1, 0.15) is 0 Å². The number of carbonyl (C=O) groups excluding carboxylic acids is 2. The van der Waals surface area contributed by atoms with Crippen LogP contribution in [0.1, 0.15) is 11.1 Å². The Morgan fingerprint density at radius 3 is 2.61 bits per heavy atom. The van der Waals surface area contributed by atoms with Crippen molar-refractivity contribution >= 4 is 80.8 Å². The van der Waals surface area contributed by atoms with E-state index in [0.29, 0.717) is 36.5 Å². The Hall–Kier alpha value is -3.04. The molecule has 3 aromatic rings. The largest absolute Gasteiger partial charge is 0.493 e. The fourth-order valence-electron chi connectivity index (χ4n) is 3.45. The molecular formula is C26H20Cl2N2O4S2. The van der Waals surface area contributed by atoms with E-state index in [0.717, 1.165) is 16.8 Å². The maximum atomic E-state index is 13.1. The predicted molar refractivity (Wildman–Crippen MR) is 150 cm³/mol. The maximum absolute atomic E-state index is 13.1. The molecule has 0 saturated carbocycles. The molecule has 6 nitrogen and oxygen atoms in total. The molecule has 1 heterocycles. The summed E-state index contributed by atoms with van der Waals surface area (Å²) in [5.74, 6) is 0.205. The highest BCUT2D eigenvalue weighted by Gasteiger charge is 2.34. The van der Waals surface area contributed by atoms with Gasteiger partial charge in [0.2, 0.25) is 0 Å². The second kappa shape index (κ2) is 11.3. The minimum Gasteiger partial charge on any atom is -0.493 e. The summed E-state index contributed by atoms with van der Waals surface area (Å²) < 4.78 is 11.6. The molecule has 1 saturated heterocycles. The first-order valence-corrected chi connectivity index (χ1v) is 12.6. The van der Waals surface area contributed by atoms with Crippen LogP contribution in [0.25, 0.3) is 6.08 Å². The zero-order chi connectivity index (χ0) is 25.8. The Balaban J connectivity index is 1.46. The number of nitrogens with zero attached hydrogens (tertiary/aromatic N) is 1. The predicted octanol–water partition coefficient (Wildman–Crippen LogP) is 6.73. The number of rotatable bonds is 7. The number of methoxy groups -OCH3 is 1. The molecule has 1 aliphatic heterocycles. The van der Waals surface area contributed by atoms with Crippen LogP contribution in [0.15, 0.2) is 65.6 Å². The number of hydrogen-bond acceptors (Lipinski definition) is 6. The van der Waals surface area contributed by atoms with Gasteiger partial charge < -0.3 is 14.8 Å². The second-order valence-electron chi connectivity index (χ2n) is 7.67. The standard InChI is InChI=1S/C26H20Cl2N2O4S2/c1-15-5-3-4-6-20(15)30-25(32)23(36-26(30)35)12-16-7-10-21(22(11-16)33-2)34-14-24(31)29-19-9-8-17(27)13-18(19)28/h3-13H,14H2,1-2H3,(H,29,31)/b23-12-. The van der Waals surface area contributed by atoms with E-state index in [1.165, 1.54) is 24.9 Å². The van der Waals surface area contributed by atoms with Crippen molar-refractivity contribution in [3.05, 3.63) is 86.7 Å². The fraction of sp³-hybridized carbons (Fsp3) is 0.115. The van der Waals surface area contributed by atoms with Gasteiger partial charge in [-0.15, -0.1) is 0 Å². The highest BCUT2D eigenvalue weighted by atomic mass is 35.5. The first-order valence-electron chi connectivity index (χ1n) is 10.7. The van der Waals surface area contributed by atoms with Crippen molar-refractivity contribution in [3.8, 4) is 11.5 Å². The highest BCUT2D eigenvalue weighted by Crippen LogP contribution is 2.38. The van der Waals surface area contributed by atoms with Crippen molar-refractivity contribution in [2.45, 2.75) is 6.92 Å². The van der Waals surface area contributed by atoms with Gasteiger partial charge in [-0.3, -0.25) is 14.5 Å². The molecule has 0 spiro atoms. The second-order valence-corrected chi connectivity index (χ2v) is 10.2. The molecule has 10 heteroatoms. The van der Waals surface area contributed by atoms with Crippen molar-refractivity contribution < 1.29 is 19.1 Å². The summed E-state index contributed by atoms with van der Waals surface area (Å²) >= 11 is 18.7. The summed E-state index contributed by atoms with van der Waals surface area (Å²) in [7, 11) is 1.50. The zero-order valence-electron chi connectivity index (χ0n) is 19.2. The lowest BCUT2D eigenvalue weighted by molar-refractivity contribution is -0.118. The lowest BCUT2D eigenvalue weighted by Gasteiger charge is -2.16. The third-order valence-corrected chi connectivity index (χ3v) is 7.05. The molecule has 0 radical (unpaired) electrons. The minimum absolute atomic E-state index is 0.184. The van der Waals surface area contributed by atoms with Gasteiger partial charge in [0, 0.05) is 5.02 Å². The number of carbonyl (C=O) groups is 2. The number of benzene rings is 3. The monoisotopic (exact) mass is 558 g/mol. The lowest BCUT2D eigenvalue weighted by atomic mass is 10.1. The molecule has 4 rings (SSSR count). The number of aryl methyl sites for hydroxylation is 1. The number of hydrogen-bond donors (Lipinski definition) is 1. The normalized spacial score (nSPS) is 14.3. The lowest BCUT2D eigenvalue weighted by Crippen LogP contribution is -2.28. The van der Waals surface area contributed by atoms with Crippen LogP contribution in [0.3, 0.4) is 0 Å². The minimum atomic E-state index is -0.398. The molecule has 0 unspecified atom stereocenters. The van der Waals surface area contributed by atoms with E-state index in [9.17, 15) is 9.59 Å². The first kappa shape index (κ1) is 26.0. The molecule has 3 aromatic carbocycles. The van der Waals surface area contributed by atoms with Gasteiger partial charge in [0.25, 0.3) is 11.8 Å². The van der Waals surface area contributed by atoms with Crippen LogP contribution < -0.4 is 19.7 Å². The Morgan fingerprint density at radius 2 is 1.89 bits per heavy atom. The average Bonchev–Trinajstić information content (AvgIpc) is 3.12. The number of nitrogens with one attached hydrogen (secondary N) is 1. The molecule has 1 N–H and O–H groups in total. The van der Waals surface area contributed by atoms with Gasteiger partial charge >= 0.3 is 0 Å². The van der Waals surface area contributed by atoms with Crippen LogP contribution in [0.5, 0.6) is 11.5 Å². The van der Waals surface area contributed by atoms with Gasteiger partial charge in [-0.25, -0.2) is 0 Å². The molecular weight excluding hydrogens is 539 g/mol. The van der Waals surface area contributed by atoms with Crippen molar-refractivity contribution in [2.75, 3.05) is 23.9 Å². The maximum Gasteiger partial charge on any atom is 0.270 e. The molecule has 0 aromatic heterocycles. The molecule has 0 atom stereocenters. The highest BCUT2D eigenvalue weighted by molar-refractivity contribution is 8.27. The van der Waals surface area contributed by atoms with Gasteiger partial charge in [-0.2, -0.15) is 0 Å². The number of para-hydroxylation sites is 1. The van der Waals surface area contributed by atoms with Crippen molar-refractivity contribution in [1.82, 2.24) is 0 Å². The Morgan fingerprint density at radius 1 is 1.11 bits per heavy atom. The van der Waals surface area contributed by atoms with E-state index < -0.39 is 5.91 Å². The van der Waals surface area contributed by atoms with Crippen LogP contribution in [0, 0.1) is 6.92 Å². The van der Waals surface area contributed by atoms with Gasteiger partial charge in [-0.05, 0) is 60.5 Å². The fourth-order valence-corrected chi connectivity index (χ4v) is 5.20. The van der Waals surface area contributed by atoms with Crippen molar-refractivity contribution in [1.29, 1.82) is 0 Å². The summed E-state index contributed by atoms with van der Waals surface area (Å²) in [5.41, 5.74) is 2.88. The van der Waals surface area contributed by atoms with Crippen molar-refractivity contribution in [2.24, 2.45) is 0 Å². The Labute approximate surface area is 228 Å². The summed E-state index contributed by atoms with van der Waals surface area (Å²) in [6, 6.07) is 17.5. The van der Waals surface area contributed by atoms with E-state index >= 15 is 0 Å². The molecule has 1 fully saturated rings. The van der Waals surface area contributed by atoms with Gasteiger partial charge in [-0.1, -0.05) is 71.4 Å². The van der Waals surface area contributed by atoms with E-state index in [-0.39, 0.29) is 12.5 Å². The van der Waals surface area contributed by atoms with E-state index in [4.69, 9.17) is 44.9 Å². The van der Waals surface area contributed by atoms with Crippen LogP contribution >= 0.6 is 47.2 Å². The van der Waals surface area contributed by atoms with Crippen LogP contribution in [-0.2, 0) is 9.59 Å². The number of anilines is 2. The van der Waals surface area contributed by atoms with Crippen LogP contribution in [-0.4, -0.2) is 29.9 Å². The molecule has 0 bridgehead atoms. The number of thioether (sulfide) groups is 1. The van der Waals surface area contributed by atoms with Gasteiger partial charge in [0.15, 0.2) is 22.4 Å². The van der Waals surface area contributed by atoms with Crippen molar-refractivity contribution in [3.63, 3.8) is 0 Å². The Bertz CT molecular complexity index is 1390. The smallest absolute Gasteiger partial charge is 0.270 e. The summed E-state index contributed by atoms with van der Waals surface area (Å²) in [5, 5.41) is 3.47. The summed E-state index contributed by atoms with van der Waals surface area (Å²) in [4.78, 5) is 27.5. The van der Waals surface area contributed by atoms with E-state index in [1.54, 1.807) is 41.3 Å². The third-order valence-electron chi connectivity index (χ3n) is 5.20. The number of halogens is 2. The zero-order valence-corrected chi connectivity index (χ0v) is 22.4. The number of ether oxygens (including phenoxy) is 2. The van der Waals surface area contributed by atoms with E-state index in [2.05, 4.69) is 5.32 Å².